The summed E-state index contributed by atoms with van der Waals surface area (Å²) in [5.41, 5.74) is 8.43. The molecule has 0 atom stereocenters. The van der Waals surface area contributed by atoms with E-state index in [1.807, 2.05) is 18.2 Å². The average molecular weight is 339 g/mol. The SMILES string of the molecule is Nc1ccc2nc(Nc3ccc(Br)cc3Cl)oc2c1. The van der Waals surface area contributed by atoms with Crippen molar-refractivity contribution in [1.82, 2.24) is 4.98 Å². The lowest BCUT2D eigenvalue weighted by molar-refractivity contribution is 0.623. The number of halogens is 2. The Kier molecular flexibility index (Phi) is 3.08. The number of hydrogen-bond donors (Lipinski definition) is 2. The summed E-state index contributed by atoms with van der Waals surface area (Å²) in [4.78, 5) is 4.31. The van der Waals surface area contributed by atoms with Crippen molar-refractivity contribution in [2.24, 2.45) is 0 Å². The zero-order chi connectivity index (χ0) is 13.4. The Morgan fingerprint density at radius 1 is 1.21 bits per heavy atom. The first-order chi connectivity index (χ1) is 9.11. The highest BCUT2D eigenvalue weighted by molar-refractivity contribution is 9.10. The van der Waals surface area contributed by atoms with Crippen LogP contribution in [0.2, 0.25) is 5.02 Å². The first-order valence-electron chi connectivity index (χ1n) is 5.50. The molecule has 0 saturated heterocycles. The van der Waals surface area contributed by atoms with Crippen LogP contribution < -0.4 is 11.1 Å². The molecule has 4 nitrogen and oxygen atoms in total. The summed E-state index contributed by atoms with van der Waals surface area (Å²) in [6, 6.07) is 11.2. The number of benzene rings is 2. The van der Waals surface area contributed by atoms with Crippen molar-refractivity contribution in [3.05, 3.63) is 45.9 Å². The monoisotopic (exact) mass is 337 g/mol. The lowest BCUT2D eigenvalue weighted by Crippen LogP contribution is -1.90. The van der Waals surface area contributed by atoms with Gasteiger partial charge in [0, 0.05) is 16.2 Å². The van der Waals surface area contributed by atoms with Gasteiger partial charge in [0.25, 0.3) is 6.01 Å². The topological polar surface area (TPSA) is 64.1 Å². The third kappa shape index (κ3) is 2.52. The van der Waals surface area contributed by atoms with Crippen LogP contribution in [0.25, 0.3) is 11.1 Å². The lowest BCUT2D eigenvalue weighted by Gasteiger charge is -2.04. The number of hydrogen-bond acceptors (Lipinski definition) is 4. The van der Waals surface area contributed by atoms with Crippen molar-refractivity contribution in [3.8, 4) is 0 Å². The summed E-state index contributed by atoms with van der Waals surface area (Å²) in [6.07, 6.45) is 0. The molecule has 3 aromatic rings. The molecule has 0 amide bonds. The second-order valence-corrected chi connectivity index (χ2v) is 5.32. The van der Waals surface area contributed by atoms with Crippen molar-refractivity contribution in [2.75, 3.05) is 11.1 Å². The van der Waals surface area contributed by atoms with Crippen LogP contribution in [0.5, 0.6) is 0 Å². The molecular formula is C13H9BrClN3O. The molecule has 0 fully saturated rings. The molecule has 0 unspecified atom stereocenters. The molecular weight excluding hydrogens is 330 g/mol. The van der Waals surface area contributed by atoms with Crippen molar-refractivity contribution in [1.29, 1.82) is 0 Å². The first-order valence-corrected chi connectivity index (χ1v) is 6.67. The smallest absolute Gasteiger partial charge is 0.300 e. The molecule has 0 saturated carbocycles. The van der Waals surface area contributed by atoms with Crippen molar-refractivity contribution < 1.29 is 4.42 Å². The van der Waals surface area contributed by atoms with Crippen LogP contribution in [0.3, 0.4) is 0 Å². The maximum Gasteiger partial charge on any atom is 0.300 e. The van der Waals surface area contributed by atoms with E-state index in [0.29, 0.717) is 22.3 Å². The van der Waals surface area contributed by atoms with E-state index in [2.05, 4.69) is 26.2 Å². The van der Waals surface area contributed by atoms with Crippen LogP contribution >= 0.6 is 27.5 Å². The van der Waals surface area contributed by atoms with E-state index < -0.39 is 0 Å². The zero-order valence-electron chi connectivity index (χ0n) is 9.65. The minimum atomic E-state index is 0.379. The number of nitrogens with two attached hydrogens (primary N) is 1. The number of fused-ring (bicyclic) bond motifs is 1. The van der Waals surface area contributed by atoms with Gasteiger partial charge in [-0.15, -0.1) is 0 Å². The predicted molar refractivity (Wildman–Crippen MR) is 80.9 cm³/mol. The average Bonchev–Trinajstić information content (AvgIpc) is 2.74. The van der Waals surface area contributed by atoms with Crippen LogP contribution in [0.15, 0.2) is 45.3 Å². The van der Waals surface area contributed by atoms with Crippen molar-refractivity contribution in [3.63, 3.8) is 0 Å². The molecule has 0 radical (unpaired) electrons. The molecule has 3 rings (SSSR count). The summed E-state index contributed by atoms with van der Waals surface area (Å²) in [6.45, 7) is 0. The molecule has 2 aromatic carbocycles. The van der Waals surface area contributed by atoms with Crippen LogP contribution in [-0.2, 0) is 0 Å². The van der Waals surface area contributed by atoms with Gasteiger partial charge in [-0.25, -0.2) is 0 Å². The first kappa shape index (κ1) is 12.3. The molecule has 0 spiro atoms. The molecule has 6 heteroatoms. The lowest BCUT2D eigenvalue weighted by atomic mass is 10.3. The maximum atomic E-state index is 6.12. The van der Waals surface area contributed by atoms with Crippen LogP contribution in [0.1, 0.15) is 0 Å². The van der Waals surface area contributed by atoms with E-state index in [0.717, 1.165) is 15.7 Å². The number of nitrogens with zero attached hydrogens (tertiary/aromatic N) is 1. The number of oxazole rings is 1. The highest BCUT2D eigenvalue weighted by Crippen LogP contribution is 2.29. The summed E-state index contributed by atoms with van der Waals surface area (Å²) in [5.74, 6) is 0. The van der Waals surface area contributed by atoms with E-state index in [9.17, 15) is 0 Å². The van der Waals surface area contributed by atoms with E-state index >= 15 is 0 Å². The van der Waals surface area contributed by atoms with Gasteiger partial charge in [0.1, 0.15) is 5.52 Å². The van der Waals surface area contributed by atoms with Gasteiger partial charge >= 0.3 is 0 Å². The molecule has 0 bridgehead atoms. The second-order valence-electron chi connectivity index (χ2n) is 4.00. The predicted octanol–water partition coefficient (Wildman–Crippen LogP) is 4.57. The Labute approximate surface area is 122 Å². The fourth-order valence-corrected chi connectivity index (χ4v) is 2.42. The standard InChI is InChI=1S/C13H9BrClN3O/c14-7-1-3-10(9(15)5-7)17-13-18-11-4-2-8(16)6-12(11)19-13/h1-6H,16H2,(H,17,18). The van der Waals surface area contributed by atoms with E-state index in [4.69, 9.17) is 21.8 Å². The second kappa shape index (κ2) is 4.75. The zero-order valence-corrected chi connectivity index (χ0v) is 12.0. The molecule has 19 heavy (non-hydrogen) atoms. The molecule has 0 aliphatic carbocycles. The van der Waals surface area contributed by atoms with Gasteiger partial charge in [0.15, 0.2) is 5.58 Å². The van der Waals surface area contributed by atoms with Gasteiger partial charge < -0.3 is 15.5 Å². The summed E-state index contributed by atoms with van der Waals surface area (Å²) in [7, 11) is 0. The molecule has 3 N–H and O–H groups in total. The third-order valence-corrected chi connectivity index (χ3v) is 3.39. The Morgan fingerprint density at radius 3 is 2.84 bits per heavy atom. The van der Waals surface area contributed by atoms with Crippen LogP contribution in [0, 0.1) is 0 Å². The van der Waals surface area contributed by atoms with Gasteiger partial charge in [0.05, 0.1) is 10.7 Å². The molecule has 96 valence electrons. The van der Waals surface area contributed by atoms with Gasteiger partial charge in [0.2, 0.25) is 0 Å². The number of aromatic nitrogens is 1. The molecule has 0 aliphatic heterocycles. The Bertz CT molecular complexity index is 757. The minimum absolute atomic E-state index is 0.379. The van der Waals surface area contributed by atoms with Crippen molar-refractivity contribution in [2.45, 2.75) is 0 Å². The number of nitrogens with one attached hydrogen (secondary N) is 1. The number of rotatable bonds is 2. The molecule has 1 aromatic heterocycles. The fraction of sp³-hybridized carbons (Fsp3) is 0. The number of nitrogen functional groups attached to an aromatic ring is 1. The fourth-order valence-electron chi connectivity index (χ4n) is 1.70. The van der Waals surface area contributed by atoms with Crippen LogP contribution in [-0.4, -0.2) is 4.98 Å². The van der Waals surface area contributed by atoms with E-state index in [1.54, 1.807) is 18.2 Å². The quantitative estimate of drug-likeness (QED) is 0.672. The van der Waals surface area contributed by atoms with Gasteiger partial charge in [-0.1, -0.05) is 27.5 Å². The van der Waals surface area contributed by atoms with Crippen LogP contribution in [0.4, 0.5) is 17.4 Å². The highest BCUT2D eigenvalue weighted by atomic mass is 79.9. The minimum Gasteiger partial charge on any atom is -0.423 e. The van der Waals surface area contributed by atoms with E-state index in [1.165, 1.54) is 0 Å². The summed E-state index contributed by atoms with van der Waals surface area (Å²) in [5, 5.41) is 3.62. The van der Waals surface area contributed by atoms with Gasteiger partial charge in [-0.2, -0.15) is 4.98 Å². The maximum absolute atomic E-state index is 6.12. The normalized spacial score (nSPS) is 10.8. The van der Waals surface area contributed by atoms with Crippen molar-refractivity contribution >= 4 is 56.0 Å². The van der Waals surface area contributed by atoms with E-state index in [-0.39, 0.29) is 0 Å². The number of anilines is 3. The molecule has 0 aliphatic rings. The highest BCUT2D eigenvalue weighted by Gasteiger charge is 2.08. The Morgan fingerprint density at radius 2 is 2.05 bits per heavy atom. The Balaban J connectivity index is 1.96. The molecule has 1 heterocycles. The summed E-state index contributed by atoms with van der Waals surface area (Å²) < 4.78 is 6.48. The Hall–Kier alpha value is -1.72. The van der Waals surface area contributed by atoms with Gasteiger partial charge in [-0.05, 0) is 30.3 Å². The third-order valence-electron chi connectivity index (χ3n) is 2.59. The summed E-state index contributed by atoms with van der Waals surface area (Å²) >= 11 is 9.47. The largest absolute Gasteiger partial charge is 0.423 e. The van der Waals surface area contributed by atoms with Gasteiger partial charge in [-0.3, -0.25) is 0 Å².